The van der Waals surface area contributed by atoms with E-state index >= 15 is 0 Å². The molecule has 3 heterocycles. The number of carbonyl (C=O) groups is 1. The third kappa shape index (κ3) is 4.04. The van der Waals surface area contributed by atoms with Crippen molar-refractivity contribution < 1.29 is 17.9 Å². The van der Waals surface area contributed by atoms with Gasteiger partial charge in [0.2, 0.25) is 10.0 Å². The molecule has 4 aromatic rings. The van der Waals surface area contributed by atoms with Crippen LogP contribution >= 0.6 is 11.8 Å². The van der Waals surface area contributed by atoms with Gasteiger partial charge in [0, 0.05) is 42.3 Å². The second-order valence-corrected chi connectivity index (χ2v) is 11.4. The van der Waals surface area contributed by atoms with Crippen LogP contribution in [0.5, 0.6) is 0 Å². The van der Waals surface area contributed by atoms with Gasteiger partial charge in [-0.2, -0.15) is 4.31 Å². The molecule has 0 saturated carbocycles. The van der Waals surface area contributed by atoms with Crippen LogP contribution in [-0.4, -0.2) is 64.6 Å². The van der Waals surface area contributed by atoms with Gasteiger partial charge in [0.15, 0.2) is 10.9 Å². The Kier molecular flexibility index (Phi) is 6.24. The molecule has 1 aliphatic heterocycles. The predicted molar refractivity (Wildman–Crippen MR) is 133 cm³/mol. The van der Waals surface area contributed by atoms with Gasteiger partial charge in [-0.15, -0.1) is 0 Å². The molecule has 0 aliphatic carbocycles. The summed E-state index contributed by atoms with van der Waals surface area (Å²) in [6, 6.07) is 12.8. The summed E-state index contributed by atoms with van der Waals surface area (Å²) in [5.41, 5.74) is 3.04. The number of thioether (sulfide) groups is 1. The smallest absolute Gasteiger partial charge is 0.243 e. The molecule has 0 amide bonds. The first kappa shape index (κ1) is 23.1. The number of hydrogen-bond donors (Lipinski definition) is 1. The van der Waals surface area contributed by atoms with Crippen molar-refractivity contribution in [1.29, 1.82) is 0 Å². The van der Waals surface area contributed by atoms with E-state index in [0.29, 0.717) is 49.1 Å². The highest BCUT2D eigenvalue weighted by molar-refractivity contribution is 8.00. The predicted octanol–water partition coefficient (Wildman–Crippen LogP) is 3.92. The van der Waals surface area contributed by atoms with Crippen molar-refractivity contribution in [2.24, 2.45) is 0 Å². The first-order chi connectivity index (χ1) is 16.4. The van der Waals surface area contributed by atoms with Crippen molar-refractivity contribution in [2.75, 3.05) is 26.3 Å². The summed E-state index contributed by atoms with van der Waals surface area (Å²) in [7, 11) is -3.61. The molecule has 0 bridgehead atoms. The average Bonchev–Trinajstić information content (AvgIpc) is 3.44. The highest BCUT2D eigenvalue weighted by Gasteiger charge is 2.28. The largest absolute Gasteiger partial charge is 0.379 e. The summed E-state index contributed by atoms with van der Waals surface area (Å²) in [5.74, 6) is 0.0211. The summed E-state index contributed by atoms with van der Waals surface area (Å²) < 4.78 is 34.9. The number of carbonyl (C=O) groups excluding carboxylic acids is 1. The monoisotopic (exact) mass is 498 g/mol. The van der Waals surface area contributed by atoms with Crippen LogP contribution in [0, 0.1) is 0 Å². The molecule has 2 aromatic carbocycles. The van der Waals surface area contributed by atoms with E-state index in [1.54, 1.807) is 24.4 Å². The second-order valence-electron chi connectivity index (χ2n) is 8.18. The number of Topliss-reactive ketones (excluding diaryl/α,β-unsaturated/α-hetero) is 1. The van der Waals surface area contributed by atoms with E-state index in [-0.39, 0.29) is 15.9 Å². The van der Waals surface area contributed by atoms with Crippen LogP contribution in [0.1, 0.15) is 24.2 Å². The lowest BCUT2D eigenvalue weighted by Gasteiger charge is -2.26. The number of hydrogen-bond acceptors (Lipinski definition) is 6. The van der Waals surface area contributed by atoms with Crippen molar-refractivity contribution in [3.8, 4) is 0 Å². The first-order valence-electron chi connectivity index (χ1n) is 11.3. The van der Waals surface area contributed by atoms with Gasteiger partial charge in [0.25, 0.3) is 0 Å². The Hall–Kier alpha value is -2.66. The highest BCUT2D eigenvalue weighted by atomic mass is 32.2. The van der Waals surface area contributed by atoms with E-state index in [9.17, 15) is 13.2 Å². The Morgan fingerprint density at radius 1 is 1.21 bits per heavy atom. The zero-order valence-corrected chi connectivity index (χ0v) is 20.7. The number of benzene rings is 2. The van der Waals surface area contributed by atoms with Crippen molar-refractivity contribution >= 4 is 49.5 Å². The molecule has 0 spiro atoms. The third-order valence-corrected chi connectivity index (χ3v) is 9.10. The standard InChI is InChI=1S/C24H26N4O4S2/c1-3-28-22-9-8-17(34(30,31)27-10-12-32-13-11-27)14-21(22)26-24(28)33-16(2)23(29)19-15-25-20-7-5-4-6-18(19)20/h4-9,14-16,25H,3,10-13H2,1-2H3. The van der Waals surface area contributed by atoms with Gasteiger partial charge in [-0.05, 0) is 38.1 Å². The molecule has 1 unspecified atom stereocenters. The molecule has 1 N–H and O–H groups in total. The number of para-hydroxylation sites is 1. The summed E-state index contributed by atoms with van der Waals surface area (Å²) in [5, 5.41) is 1.24. The number of sulfonamides is 1. The minimum Gasteiger partial charge on any atom is -0.379 e. The van der Waals surface area contributed by atoms with Gasteiger partial charge >= 0.3 is 0 Å². The van der Waals surface area contributed by atoms with Gasteiger partial charge in [-0.25, -0.2) is 13.4 Å². The number of aryl methyl sites for hydroxylation is 1. The number of ether oxygens (including phenoxy) is 1. The molecule has 1 aliphatic rings. The Morgan fingerprint density at radius 2 is 1.97 bits per heavy atom. The Labute approximate surface area is 202 Å². The zero-order valence-electron chi connectivity index (χ0n) is 19.0. The maximum atomic E-state index is 13.2. The third-order valence-electron chi connectivity index (χ3n) is 6.11. The number of nitrogens with zero attached hydrogens (tertiary/aromatic N) is 3. The number of imidazole rings is 1. The molecule has 2 aromatic heterocycles. The number of ketones is 1. The lowest BCUT2D eigenvalue weighted by Crippen LogP contribution is -2.40. The van der Waals surface area contributed by atoms with Crippen LogP contribution in [0.25, 0.3) is 21.9 Å². The van der Waals surface area contributed by atoms with Crippen LogP contribution in [0.4, 0.5) is 0 Å². The fourth-order valence-electron chi connectivity index (χ4n) is 4.29. The van der Waals surface area contributed by atoms with E-state index in [0.717, 1.165) is 16.4 Å². The number of aromatic nitrogens is 3. The van der Waals surface area contributed by atoms with E-state index in [2.05, 4.69) is 4.98 Å². The molecule has 8 nitrogen and oxygen atoms in total. The molecular formula is C24H26N4O4S2. The molecular weight excluding hydrogens is 472 g/mol. The van der Waals surface area contributed by atoms with E-state index in [4.69, 9.17) is 9.72 Å². The Morgan fingerprint density at radius 3 is 2.74 bits per heavy atom. The summed E-state index contributed by atoms with van der Waals surface area (Å²) >= 11 is 1.39. The van der Waals surface area contributed by atoms with E-state index in [1.165, 1.54) is 16.1 Å². The average molecular weight is 499 g/mol. The van der Waals surface area contributed by atoms with Crippen molar-refractivity contribution in [1.82, 2.24) is 18.8 Å². The summed E-state index contributed by atoms with van der Waals surface area (Å²) in [6.07, 6.45) is 1.76. The summed E-state index contributed by atoms with van der Waals surface area (Å²) in [6.45, 7) is 6.03. The molecule has 0 radical (unpaired) electrons. The Bertz CT molecular complexity index is 1470. The number of rotatable bonds is 7. The van der Waals surface area contributed by atoms with Crippen molar-refractivity contribution in [3.05, 3.63) is 54.2 Å². The van der Waals surface area contributed by atoms with Gasteiger partial charge in [-0.1, -0.05) is 30.0 Å². The minimum absolute atomic E-state index is 0.0211. The normalized spacial score (nSPS) is 16.3. The fraction of sp³-hybridized carbons (Fsp3) is 0.333. The van der Waals surface area contributed by atoms with E-state index in [1.807, 2.05) is 42.7 Å². The van der Waals surface area contributed by atoms with Crippen LogP contribution in [-0.2, 0) is 21.3 Å². The van der Waals surface area contributed by atoms with Crippen LogP contribution in [0.3, 0.4) is 0 Å². The van der Waals surface area contributed by atoms with Crippen LogP contribution < -0.4 is 0 Å². The lowest BCUT2D eigenvalue weighted by molar-refractivity contribution is 0.0730. The highest BCUT2D eigenvalue weighted by Crippen LogP contribution is 2.32. The SMILES string of the molecule is CCn1c(SC(C)C(=O)c2c[nH]c3ccccc23)nc2cc(S(=O)(=O)N3CCOCC3)ccc21. The number of H-pyrrole nitrogens is 1. The molecule has 10 heteroatoms. The molecule has 34 heavy (non-hydrogen) atoms. The number of nitrogens with one attached hydrogen (secondary N) is 1. The molecule has 5 rings (SSSR count). The molecule has 1 saturated heterocycles. The fourth-order valence-corrected chi connectivity index (χ4v) is 6.77. The molecule has 1 fully saturated rings. The maximum Gasteiger partial charge on any atom is 0.243 e. The van der Waals surface area contributed by atoms with Crippen molar-refractivity contribution in [2.45, 2.75) is 35.7 Å². The van der Waals surface area contributed by atoms with Gasteiger partial charge < -0.3 is 14.3 Å². The van der Waals surface area contributed by atoms with Crippen LogP contribution in [0.15, 0.2) is 58.7 Å². The number of morpholine rings is 1. The van der Waals surface area contributed by atoms with E-state index < -0.39 is 10.0 Å². The molecule has 1 atom stereocenters. The van der Waals surface area contributed by atoms with Crippen LogP contribution in [0.2, 0.25) is 0 Å². The van der Waals surface area contributed by atoms with Crippen molar-refractivity contribution in [3.63, 3.8) is 0 Å². The second kappa shape index (κ2) is 9.18. The van der Waals surface area contributed by atoms with Gasteiger partial charge in [-0.3, -0.25) is 4.79 Å². The first-order valence-corrected chi connectivity index (χ1v) is 13.6. The summed E-state index contributed by atoms with van der Waals surface area (Å²) in [4.78, 5) is 21.3. The Balaban J connectivity index is 1.44. The topological polar surface area (TPSA) is 97.3 Å². The van der Waals surface area contributed by atoms with Gasteiger partial charge in [0.05, 0.1) is 34.4 Å². The lowest BCUT2D eigenvalue weighted by atomic mass is 10.1. The quantitative estimate of drug-likeness (QED) is 0.306. The molecule has 178 valence electrons. The van der Waals surface area contributed by atoms with Gasteiger partial charge in [0.1, 0.15) is 0 Å². The zero-order chi connectivity index (χ0) is 23.9. The number of aromatic amines is 1. The minimum atomic E-state index is -3.61. The number of fused-ring (bicyclic) bond motifs is 2. The maximum absolute atomic E-state index is 13.2.